The third-order valence-corrected chi connectivity index (χ3v) is 2.70. The second-order valence-corrected chi connectivity index (χ2v) is 4.27. The minimum atomic E-state index is -0.434. The Labute approximate surface area is 125 Å². The van der Waals surface area contributed by atoms with Crippen LogP contribution in [0.25, 0.3) is 0 Å². The van der Waals surface area contributed by atoms with Gasteiger partial charge >= 0.3 is 5.97 Å². The highest BCUT2D eigenvalue weighted by molar-refractivity contribution is 5.83. The molecule has 0 bridgehead atoms. The van der Waals surface area contributed by atoms with E-state index < -0.39 is 5.97 Å². The van der Waals surface area contributed by atoms with Gasteiger partial charge < -0.3 is 9.84 Å². The molecule has 1 atom stereocenters. The summed E-state index contributed by atoms with van der Waals surface area (Å²) in [5.41, 5.74) is 1.00. The number of aliphatic hydroxyl groups excluding tert-OH is 1. The number of para-hydroxylation sites is 1. The number of rotatable bonds is 4. The minimum Gasteiger partial charge on any atom is -0.423 e. The second kappa shape index (κ2) is 9.50. The summed E-state index contributed by atoms with van der Waals surface area (Å²) in [5.74, 6) is 0.105. The molecule has 3 heteroatoms. The highest BCUT2D eigenvalue weighted by Crippen LogP contribution is 2.14. The Morgan fingerprint density at radius 3 is 2.14 bits per heavy atom. The fraction of sp³-hybridized carbons (Fsp3) is 0.167. The molecular formula is C18H20O3. The molecule has 0 fully saturated rings. The van der Waals surface area contributed by atoms with Gasteiger partial charge in [0.05, 0.1) is 6.10 Å². The molecule has 1 unspecified atom stereocenters. The maximum Gasteiger partial charge on any atom is 0.335 e. The molecule has 110 valence electrons. The van der Waals surface area contributed by atoms with E-state index in [1.807, 2.05) is 43.3 Å². The summed E-state index contributed by atoms with van der Waals surface area (Å²) in [6.07, 6.45) is 1.62. The first kappa shape index (κ1) is 16.7. The first-order chi connectivity index (χ1) is 10.2. The molecule has 1 N–H and O–H groups in total. The summed E-state index contributed by atoms with van der Waals surface area (Å²) >= 11 is 0. The van der Waals surface area contributed by atoms with Gasteiger partial charge in [-0.1, -0.05) is 62.0 Å². The lowest BCUT2D eigenvalue weighted by Crippen LogP contribution is -2.02. The molecule has 2 aromatic carbocycles. The molecule has 0 heterocycles. The number of esters is 1. The van der Waals surface area contributed by atoms with Gasteiger partial charge in [-0.05, 0) is 24.1 Å². The quantitative estimate of drug-likeness (QED) is 0.526. The molecule has 0 saturated carbocycles. The van der Waals surface area contributed by atoms with Crippen LogP contribution in [-0.2, 0) is 4.79 Å². The molecular weight excluding hydrogens is 264 g/mol. The standard InChI is InChI=1S/C9H8O2.C9H12O/c1-2-9(10)11-8-6-4-3-5-7-8;1-2-9(10)8-6-4-3-5-7-8/h2-7H,1H2;3-7,9-10H,2H2,1H3. The smallest absolute Gasteiger partial charge is 0.335 e. The predicted octanol–water partition coefficient (Wildman–Crippen LogP) is 3.91. The van der Waals surface area contributed by atoms with Crippen molar-refractivity contribution >= 4 is 5.97 Å². The van der Waals surface area contributed by atoms with Gasteiger partial charge in [0.2, 0.25) is 0 Å². The monoisotopic (exact) mass is 284 g/mol. The van der Waals surface area contributed by atoms with Crippen LogP contribution in [0.3, 0.4) is 0 Å². The third kappa shape index (κ3) is 6.54. The highest BCUT2D eigenvalue weighted by atomic mass is 16.5. The molecule has 0 aliphatic rings. The van der Waals surface area contributed by atoms with E-state index in [1.54, 1.807) is 24.3 Å². The number of benzene rings is 2. The van der Waals surface area contributed by atoms with E-state index >= 15 is 0 Å². The maximum absolute atomic E-state index is 10.6. The number of carbonyl (C=O) groups excluding carboxylic acids is 1. The molecule has 0 radical (unpaired) electrons. The normalized spacial score (nSPS) is 10.8. The van der Waals surface area contributed by atoms with E-state index in [1.165, 1.54) is 0 Å². The first-order valence-corrected chi connectivity index (χ1v) is 6.79. The van der Waals surface area contributed by atoms with Crippen molar-refractivity contribution in [1.29, 1.82) is 0 Å². The molecule has 0 aliphatic heterocycles. The number of hydrogen-bond donors (Lipinski definition) is 1. The van der Waals surface area contributed by atoms with E-state index in [0.717, 1.165) is 18.1 Å². The van der Waals surface area contributed by atoms with Gasteiger partial charge in [-0.25, -0.2) is 4.79 Å². The summed E-state index contributed by atoms with van der Waals surface area (Å²) < 4.78 is 4.81. The van der Waals surface area contributed by atoms with Crippen LogP contribution in [0.2, 0.25) is 0 Å². The summed E-state index contributed by atoms with van der Waals surface area (Å²) in [6.45, 7) is 5.25. The van der Waals surface area contributed by atoms with Crippen LogP contribution in [0.15, 0.2) is 73.3 Å². The Morgan fingerprint density at radius 1 is 1.14 bits per heavy atom. The molecule has 0 amide bonds. The Hall–Kier alpha value is -2.39. The van der Waals surface area contributed by atoms with Crippen molar-refractivity contribution in [2.75, 3.05) is 0 Å². The SMILES string of the molecule is C=CC(=O)Oc1ccccc1.CCC(O)c1ccccc1. The molecule has 0 saturated heterocycles. The zero-order chi connectivity index (χ0) is 15.5. The summed E-state index contributed by atoms with van der Waals surface area (Å²) in [7, 11) is 0. The van der Waals surface area contributed by atoms with Crippen LogP contribution in [0.5, 0.6) is 5.75 Å². The van der Waals surface area contributed by atoms with E-state index in [-0.39, 0.29) is 6.10 Å². The van der Waals surface area contributed by atoms with Gasteiger partial charge in [0.25, 0.3) is 0 Å². The molecule has 2 aromatic rings. The van der Waals surface area contributed by atoms with Crippen molar-refractivity contribution in [3.8, 4) is 5.75 Å². The molecule has 0 aromatic heterocycles. The Kier molecular flexibility index (Phi) is 7.54. The minimum absolute atomic E-state index is 0.291. The van der Waals surface area contributed by atoms with Crippen molar-refractivity contribution in [2.45, 2.75) is 19.4 Å². The second-order valence-electron chi connectivity index (χ2n) is 4.27. The largest absolute Gasteiger partial charge is 0.423 e. The molecule has 21 heavy (non-hydrogen) atoms. The maximum atomic E-state index is 10.6. The van der Waals surface area contributed by atoms with Crippen LogP contribution in [0.4, 0.5) is 0 Å². The Balaban J connectivity index is 0.000000211. The van der Waals surface area contributed by atoms with Gasteiger partial charge in [-0.2, -0.15) is 0 Å². The molecule has 2 rings (SSSR count). The number of ether oxygens (including phenoxy) is 1. The molecule has 0 spiro atoms. The van der Waals surface area contributed by atoms with Gasteiger partial charge in [-0.15, -0.1) is 0 Å². The number of carbonyl (C=O) groups is 1. The van der Waals surface area contributed by atoms with Crippen molar-refractivity contribution < 1.29 is 14.6 Å². The lowest BCUT2D eigenvalue weighted by molar-refractivity contribution is -0.128. The van der Waals surface area contributed by atoms with Crippen LogP contribution in [0.1, 0.15) is 25.0 Å². The fourth-order valence-electron chi connectivity index (χ4n) is 1.56. The topological polar surface area (TPSA) is 46.5 Å². The average molecular weight is 284 g/mol. The van der Waals surface area contributed by atoms with Crippen molar-refractivity contribution in [2.24, 2.45) is 0 Å². The number of hydrogen-bond acceptors (Lipinski definition) is 3. The van der Waals surface area contributed by atoms with Gasteiger partial charge in [-0.3, -0.25) is 0 Å². The summed E-state index contributed by atoms with van der Waals surface area (Å²) in [4.78, 5) is 10.6. The molecule has 0 aliphatic carbocycles. The Bertz CT molecular complexity index is 535. The van der Waals surface area contributed by atoms with Crippen molar-refractivity contribution in [1.82, 2.24) is 0 Å². The third-order valence-electron chi connectivity index (χ3n) is 2.70. The van der Waals surface area contributed by atoms with E-state index in [2.05, 4.69) is 6.58 Å². The molecule has 3 nitrogen and oxygen atoms in total. The highest BCUT2D eigenvalue weighted by Gasteiger charge is 2.00. The van der Waals surface area contributed by atoms with Gasteiger partial charge in [0, 0.05) is 6.08 Å². The fourth-order valence-corrected chi connectivity index (χ4v) is 1.56. The first-order valence-electron chi connectivity index (χ1n) is 6.79. The van der Waals surface area contributed by atoms with Crippen LogP contribution in [0, 0.1) is 0 Å². The lowest BCUT2D eigenvalue weighted by atomic mass is 10.1. The lowest BCUT2D eigenvalue weighted by Gasteiger charge is -2.05. The van der Waals surface area contributed by atoms with Crippen molar-refractivity contribution in [3.63, 3.8) is 0 Å². The van der Waals surface area contributed by atoms with E-state index in [0.29, 0.717) is 5.75 Å². The summed E-state index contributed by atoms with van der Waals surface area (Å²) in [6, 6.07) is 18.6. The zero-order valence-corrected chi connectivity index (χ0v) is 12.1. The predicted molar refractivity (Wildman–Crippen MR) is 84.0 cm³/mol. The van der Waals surface area contributed by atoms with Crippen molar-refractivity contribution in [3.05, 3.63) is 78.9 Å². The van der Waals surface area contributed by atoms with Crippen LogP contribution < -0.4 is 4.74 Å². The van der Waals surface area contributed by atoms with E-state index in [9.17, 15) is 9.90 Å². The van der Waals surface area contributed by atoms with Crippen LogP contribution >= 0.6 is 0 Å². The summed E-state index contributed by atoms with van der Waals surface area (Å²) in [5, 5.41) is 9.33. The van der Waals surface area contributed by atoms with Gasteiger partial charge in [0.1, 0.15) is 5.75 Å². The number of aliphatic hydroxyl groups is 1. The average Bonchev–Trinajstić information content (AvgIpc) is 2.56. The van der Waals surface area contributed by atoms with E-state index in [4.69, 9.17) is 4.74 Å². The zero-order valence-electron chi connectivity index (χ0n) is 12.1. The van der Waals surface area contributed by atoms with Crippen LogP contribution in [-0.4, -0.2) is 11.1 Å². The van der Waals surface area contributed by atoms with Gasteiger partial charge in [0.15, 0.2) is 0 Å². The Morgan fingerprint density at radius 2 is 1.67 bits per heavy atom.